The largest absolute Gasteiger partial charge is 0.425 e. The predicted molar refractivity (Wildman–Crippen MR) is 207 cm³/mol. The van der Waals surface area contributed by atoms with E-state index >= 15 is 0 Å². The van der Waals surface area contributed by atoms with Crippen molar-refractivity contribution < 1.29 is 23.8 Å². The summed E-state index contributed by atoms with van der Waals surface area (Å²) in [5.41, 5.74) is 4.06. The zero-order valence-corrected chi connectivity index (χ0v) is 31.5. The number of benzene rings is 4. The van der Waals surface area contributed by atoms with Crippen LogP contribution < -0.4 is 9.47 Å². The first kappa shape index (κ1) is 37.7. The van der Waals surface area contributed by atoms with Crippen molar-refractivity contribution in [1.82, 2.24) is 4.90 Å². The molecule has 53 heavy (non-hydrogen) atoms. The summed E-state index contributed by atoms with van der Waals surface area (Å²) in [6.45, 7) is 8.67. The van der Waals surface area contributed by atoms with Gasteiger partial charge in [-0.2, -0.15) is 5.26 Å². The smallest absolute Gasteiger partial charge is 0.424 e. The summed E-state index contributed by atoms with van der Waals surface area (Å²) in [6.07, 6.45) is 8.77. The van der Waals surface area contributed by atoms with Crippen LogP contribution in [0.5, 0.6) is 11.5 Å². The second-order valence-corrected chi connectivity index (χ2v) is 15.9. The highest BCUT2D eigenvalue weighted by atomic mass is 16.6. The van der Waals surface area contributed by atoms with Crippen LogP contribution in [-0.4, -0.2) is 29.2 Å². The molecule has 4 aromatic carbocycles. The van der Waals surface area contributed by atoms with E-state index in [4.69, 9.17) is 19.5 Å². The van der Waals surface area contributed by atoms with Gasteiger partial charge in [0.2, 0.25) is 0 Å². The number of rotatable bonds is 10. The molecule has 0 spiro atoms. The third-order valence-electron chi connectivity index (χ3n) is 11.8. The van der Waals surface area contributed by atoms with Crippen molar-refractivity contribution >= 4 is 12.2 Å². The monoisotopic (exact) mass is 712 g/mol. The maximum atomic E-state index is 13.9. The predicted octanol–water partition coefficient (Wildman–Crippen LogP) is 11.3. The van der Waals surface area contributed by atoms with E-state index in [1.807, 2.05) is 66.9 Å². The molecule has 7 nitrogen and oxygen atoms in total. The second-order valence-electron chi connectivity index (χ2n) is 15.9. The van der Waals surface area contributed by atoms with Crippen LogP contribution in [0.1, 0.15) is 108 Å². The van der Waals surface area contributed by atoms with Gasteiger partial charge >= 0.3 is 12.2 Å². The Morgan fingerprint density at radius 2 is 0.962 bits per heavy atom. The molecule has 0 radical (unpaired) electrons. The Labute approximate surface area is 314 Å². The minimum Gasteiger partial charge on any atom is -0.424 e. The summed E-state index contributed by atoms with van der Waals surface area (Å²) in [7, 11) is 0. The molecular weight excluding hydrogens is 661 g/mol. The molecule has 4 aromatic rings. The van der Waals surface area contributed by atoms with E-state index in [-0.39, 0.29) is 23.0 Å². The molecule has 276 valence electrons. The van der Waals surface area contributed by atoms with Crippen molar-refractivity contribution in [3.8, 4) is 17.8 Å². The molecule has 0 aromatic heterocycles. The Kier molecular flexibility index (Phi) is 11.9. The Morgan fingerprint density at radius 3 is 1.36 bits per heavy atom. The summed E-state index contributed by atoms with van der Waals surface area (Å²) in [5.74, 6) is 1.89. The van der Waals surface area contributed by atoms with E-state index in [1.165, 1.54) is 16.0 Å². The van der Waals surface area contributed by atoms with Crippen molar-refractivity contribution in [2.75, 3.05) is 0 Å². The number of nitrogens with zero attached hydrogens (tertiary/aromatic N) is 2. The number of hydrogen-bond acceptors (Lipinski definition) is 6. The van der Waals surface area contributed by atoms with Crippen molar-refractivity contribution in [2.24, 2.45) is 11.8 Å². The first-order valence-corrected chi connectivity index (χ1v) is 19.1. The molecule has 7 heteroatoms. The molecule has 0 atom stereocenters. The van der Waals surface area contributed by atoms with Gasteiger partial charge in [0.25, 0.3) is 6.26 Å². The van der Waals surface area contributed by atoms with Gasteiger partial charge in [-0.1, -0.05) is 113 Å². The van der Waals surface area contributed by atoms with Crippen molar-refractivity contribution in [3.63, 3.8) is 0 Å². The van der Waals surface area contributed by atoms with Crippen LogP contribution in [0.4, 0.5) is 9.59 Å². The van der Waals surface area contributed by atoms with E-state index in [0.717, 1.165) is 56.1 Å². The van der Waals surface area contributed by atoms with Gasteiger partial charge in [0, 0.05) is 16.9 Å². The maximum Gasteiger partial charge on any atom is 0.425 e. The standard InChI is InChI=1S/C46H52N2O5/c1-45(2,35-11-7-5-8-12-35)37-19-27-41(28-20-37)52-43(49)48(39-23-15-33(16-24-39)31-34-17-25-40(26-18-34)51-32-47)44(50)53-42-29-21-38(22-30-42)46(3,4)36-13-9-6-10-14-36/h5-14,19-22,27-30,33-34,39-40H,15-18,23-26,31H2,1-4H3. The quantitative estimate of drug-likeness (QED) is 0.152. The number of imide groups is 1. The molecule has 2 saturated carbocycles. The Balaban J connectivity index is 1.15. The van der Waals surface area contributed by atoms with Gasteiger partial charge in [-0.25, -0.2) is 14.5 Å². The fraction of sp³-hybridized carbons (Fsp3) is 0.413. The van der Waals surface area contributed by atoms with Crippen LogP contribution in [0.15, 0.2) is 109 Å². The minimum absolute atomic E-state index is 0.0516. The summed E-state index contributed by atoms with van der Waals surface area (Å²) < 4.78 is 17.0. The molecule has 0 N–H and O–H groups in total. The van der Waals surface area contributed by atoms with Gasteiger partial charge in [0.1, 0.15) is 17.6 Å². The molecular formula is C46H52N2O5. The fourth-order valence-electron chi connectivity index (χ4n) is 8.27. The second kappa shape index (κ2) is 16.7. The van der Waals surface area contributed by atoms with Crippen LogP contribution in [0.2, 0.25) is 0 Å². The number of ether oxygens (including phenoxy) is 3. The SMILES string of the molecule is CC(C)(c1ccccc1)c1ccc(OC(=O)N(C(=O)Oc2ccc(C(C)(C)c3ccccc3)cc2)C2CCC(CC3CCC(OC#N)CC3)CC2)cc1. The molecule has 0 bridgehead atoms. The Morgan fingerprint density at radius 1 is 0.585 bits per heavy atom. The van der Waals surface area contributed by atoms with Crippen molar-refractivity contribution in [3.05, 3.63) is 131 Å². The number of nitriles is 1. The maximum absolute atomic E-state index is 13.9. The summed E-state index contributed by atoms with van der Waals surface area (Å²) in [5, 5.41) is 8.88. The lowest BCUT2D eigenvalue weighted by Crippen LogP contribution is -2.49. The first-order chi connectivity index (χ1) is 25.5. The molecule has 6 rings (SSSR count). The molecule has 0 unspecified atom stereocenters. The lowest BCUT2D eigenvalue weighted by molar-refractivity contribution is 0.0825. The Bertz CT molecular complexity index is 1720. The van der Waals surface area contributed by atoms with Gasteiger partial charge in [0.05, 0.1) is 0 Å². The molecule has 0 heterocycles. The highest BCUT2D eigenvalue weighted by Gasteiger charge is 2.37. The molecule has 2 amide bonds. The normalized spacial score (nSPS) is 20.4. The van der Waals surface area contributed by atoms with Crippen LogP contribution in [0, 0.1) is 23.4 Å². The topological polar surface area (TPSA) is 88.9 Å². The van der Waals surface area contributed by atoms with E-state index < -0.39 is 12.2 Å². The number of carbonyl (C=O) groups excluding carboxylic acids is 2. The van der Waals surface area contributed by atoms with E-state index in [2.05, 4.69) is 52.0 Å². The average Bonchev–Trinajstić information content (AvgIpc) is 3.17. The number of hydrogen-bond donors (Lipinski definition) is 0. The highest BCUT2D eigenvalue weighted by Crippen LogP contribution is 2.38. The zero-order chi connectivity index (χ0) is 37.4. The number of amides is 2. The molecule has 2 aliphatic rings. The Hall–Kier alpha value is -5.09. The molecule has 0 saturated heterocycles. The third-order valence-corrected chi connectivity index (χ3v) is 11.8. The highest BCUT2D eigenvalue weighted by molar-refractivity contribution is 5.90. The van der Waals surface area contributed by atoms with Gasteiger partial charge in [0.15, 0.2) is 0 Å². The molecule has 2 fully saturated rings. The lowest BCUT2D eigenvalue weighted by atomic mass is 9.76. The molecule has 0 aliphatic heterocycles. The van der Waals surface area contributed by atoms with Gasteiger partial charge < -0.3 is 14.2 Å². The summed E-state index contributed by atoms with van der Waals surface area (Å²) in [4.78, 5) is 29.1. The summed E-state index contributed by atoms with van der Waals surface area (Å²) >= 11 is 0. The van der Waals surface area contributed by atoms with E-state index in [1.54, 1.807) is 24.3 Å². The van der Waals surface area contributed by atoms with Crippen LogP contribution >= 0.6 is 0 Å². The van der Waals surface area contributed by atoms with Gasteiger partial charge in [-0.15, -0.1) is 0 Å². The number of carbonyl (C=O) groups is 2. The zero-order valence-electron chi connectivity index (χ0n) is 31.5. The van der Waals surface area contributed by atoms with Gasteiger partial charge in [-0.3, -0.25) is 0 Å². The minimum atomic E-state index is -0.730. The van der Waals surface area contributed by atoms with E-state index in [0.29, 0.717) is 36.2 Å². The average molecular weight is 713 g/mol. The molecule has 2 aliphatic carbocycles. The third kappa shape index (κ3) is 9.11. The lowest BCUT2D eigenvalue weighted by Gasteiger charge is -2.36. The van der Waals surface area contributed by atoms with E-state index in [9.17, 15) is 9.59 Å². The van der Waals surface area contributed by atoms with Crippen molar-refractivity contribution in [1.29, 1.82) is 5.26 Å². The first-order valence-electron chi connectivity index (χ1n) is 19.1. The fourth-order valence-corrected chi connectivity index (χ4v) is 8.27. The van der Waals surface area contributed by atoms with Crippen LogP contribution in [0.25, 0.3) is 0 Å². The van der Waals surface area contributed by atoms with Crippen LogP contribution in [-0.2, 0) is 15.6 Å². The van der Waals surface area contributed by atoms with Gasteiger partial charge in [-0.05, 0) is 116 Å². The van der Waals surface area contributed by atoms with Crippen molar-refractivity contribution in [2.45, 2.75) is 108 Å². The summed E-state index contributed by atoms with van der Waals surface area (Å²) in [6, 6.07) is 35.3. The van der Waals surface area contributed by atoms with Crippen LogP contribution in [0.3, 0.4) is 0 Å².